The van der Waals surface area contributed by atoms with Crippen LogP contribution in [0.2, 0.25) is 0 Å². The summed E-state index contributed by atoms with van der Waals surface area (Å²) in [7, 11) is 0. The number of hydrogen-bond donors (Lipinski definition) is 1. The molecule has 1 N–H and O–H groups in total. The number of anilines is 1. The fourth-order valence-electron chi connectivity index (χ4n) is 2.74. The molecule has 6 nitrogen and oxygen atoms in total. The van der Waals surface area contributed by atoms with Crippen LogP contribution in [-0.2, 0) is 9.53 Å². The number of nitrogens with one attached hydrogen (secondary N) is 1. The van der Waals surface area contributed by atoms with Crippen LogP contribution in [-0.4, -0.2) is 24.5 Å². The van der Waals surface area contributed by atoms with Gasteiger partial charge in [0.15, 0.2) is 0 Å². The van der Waals surface area contributed by atoms with Crippen molar-refractivity contribution in [3.63, 3.8) is 0 Å². The largest absolute Gasteiger partial charge is 0.462 e. The Morgan fingerprint density at radius 3 is 2.50 bits per heavy atom. The Balaban J connectivity index is 1.94. The van der Waals surface area contributed by atoms with Crippen LogP contribution in [0.1, 0.15) is 34.6 Å². The summed E-state index contributed by atoms with van der Waals surface area (Å²) in [5.74, 6) is -1.16. The number of carbonyl (C=O) groups is 3. The highest BCUT2D eigenvalue weighted by molar-refractivity contribution is 9.10. The minimum atomic E-state index is -0.513. The van der Waals surface area contributed by atoms with E-state index < -0.39 is 17.8 Å². The van der Waals surface area contributed by atoms with E-state index >= 15 is 0 Å². The zero-order valence-electron chi connectivity index (χ0n) is 16.2. The maximum absolute atomic E-state index is 12.8. The summed E-state index contributed by atoms with van der Waals surface area (Å²) in [5, 5.41) is 4.97. The van der Waals surface area contributed by atoms with Crippen LogP contribution >= 0.6 is 27.3 Å². The molecule has 0 spiro atoms. The van der Waals surface area contributed by atoms with E-state index in [1.54, 1.807) is 30.5 Å². The Hall–Kier alpha value is -2.97. The average Bonchev–Trinajstić information content (AvgIpc) is 3.12. The third-order valence-electron chi connectivity index (χ3n) is 4.01. The molecule has 0 radical (unpaired) electrons. The molecule has 0 unspecified atom stereocenters. The second kappa shape index (κ2) is 9.69. The smallest absolute Gasteiger partial charge is 0.341 e. The van der Waals surface area contributed by atoms with Crippen molar-refractivity contribution in [2.75, 3.05) is 11.9 Å². The lowest BCUT2D eigenvalue weighted by molar-refractivity contribution is -0.131. The van der Waals surface area contributed by atoms with Gasteiger partial charge in [0, 0.05) is 27.9 Å². The number of ether oxygens (including phenoxy) is 2. The number of benzene rings is 2. The van der Waals surface area contributed by atoms with Gasteiger partial charge >= 0.3 is 11.9 Å². The molecule has 2 aromatic carbocycles. The lowest BCUT2D eigenvalue weighted by Crippen LogP contribution is -2.15. The van der Waals surface area contributed by atoms with Gasteiger partial charge in [-0.3, -0.25) is 9.59 Å². The van der Waals surface area contributed by atoms with Gasteiger partial charge in [0.05, 0.1) is 6.61 Å². The first kappa shape index (κ1) is 21.7. The number of amides is 1. The zero-order valence-corrected chi connectivity index (χ0v) is 18.6. The van der Waals surface area contributed by atoms with Crippen molar-refractivity contribution in [3.8, 4) is 16.9 Å². The molecule has 0 bridgehead atoms. The molecule has 0 saturated carbocycles. The van der Waals surface area contributed by atoms with Crippen molar-refractivity contribution in [2.45, 2.75) is 13.8 Å². The molecule has 0 aliphatic heterocycles. The number of thiophene rings is 1. The lowest BCUT2D eigenvalue weighted by atomic mass is 10.0. The van der Waals surface area contributed by atoms with Crippen LogP contribution in [0.5, 0.6) is 5.75 Å². The van der Waals surface area contributed by atoms with E-state index in [-0.39, 0.29) is 12.4 Å². The summed E-state index contributed by atoms with van der Waals surface area (Å²) >= 11 is 4.63. The van der Waals surface area contributed by atoms with Crippen LogP contribution in [0.3, 0.4) is 0 Å². The zero-order chi connectivity index (χ0) is 21.7. The Labute approximate surface area is 186 Å². The highest BCUT2D eigenvalue weighted by Crippen LogP contribution is 2.37. The molecule has 0 saturated heterocycles. The minimum absolute atomic E-state index is 0.215. The van der Waals surface area contributed by atoms with Crippen molar-refractivity contribution >= 4 is 50.1 Å². The molecule has 0 atom stereocenters. The average molecular weight is 488 g/mol. The van der Waals surface area contributed by atoms with Crippen LogP contribution < -0.4 is 10.1 Å². The number of hydrogen-bond acceptors (Lipinski definition) is 6. The molecule has 0 fully saturated rings. The molecule has 1 heterocycles. The standard InChI is InChI=1S/C22H18BrNO5S/c1-3-28-22(27)19-18(14-7-9-16(23)10-8-14)12-30-21(19)24-20(26)15-5-4-6-17(11-15)29-13(2)25/h4-12H,3H2,1-2H3,(H,24,26). The van der Waals surface area contributed by atoms with Crippen molar-refractivity contribution < 1.29 is 23.9 Å². The molecule has 0 aliphatic rings. The molecular weight excluding hydrogens is 470 g/mol. The predicted molar refractivity (Wildman–Crippen MR) is 119 cm³/mol. The van der Waals surface area contributed by atoms with Gasteiger partial charge in [-0.25, -0.2) is 4.79 Å². The van der Waals surface area contributed by atoms with Gasteiger partial charge in [-0.1, -0.05) is 34.1 Å². The topological polar surface area (TPSA) is 81.7 Å². The SMILES string of the molecule is CCOC(=O)c1c(-c2ccc(Br)cc2)csc1NC(=O)c1cccc(OC(C)=O)c1. The van der Waals surface area contributed by atoms with Gasteiger partial charge < -0.3 is 14.8 Å². The molecule has 8 heteroatoms. The van der Waals surface area contributed by atoms with Crippen LogP contribution in [0.25, 0.3) is 11.1 Å². The van der Waals surface area contributed by atoms with Gasteiger partial charge in [0.2, 0.25) is 0 Å². The summed E-state index contributed by atoms with van der Waals surface area (Å²) in [6, 6.07) is 13.8. The second-order valence-electron chi connectivity index (χ2n) is 6.16. The molecule has 3 rings (SSSR count). The van der Waals surface area contributed by atoms with Crippen molar-refractivity contribution in [2.24, 2.45) is 0 Å². The number of halogens is 1. The van der Waals surface area contributed by atoms with Crippen LogP contribution in [0.15, 0.2) is 58.4 Å². The van der Waals surface area contributed by atoms with Crippen molar-refractivity contribution in [1.29, 1.82) is 0 Å². The third-order valence-corrected chi connectivity index (χ3v) is 5.43. The van der Waals surface area contributed by atoms with E-state index in [0.29, 0.717) is 21.7 Å². The summed E-state index contributed by atoms with van der Waals surface area (Å²) in [6.07, 6.45) is 0. The van der Waals surface area contributed by atoms with E-state index in [0.717, 1.165) is 10.0 Å². The number of esters is 2. The van der Waals surface area contributed by atoms with Crippen LogP contribution in [0.4, 0.5) is 5.00 Å². The normalized spacial score (nSPS) is 10.4. The maximum Gasteiger partial charge on any atom is 0.341 e. The minimum Gasteiger partial charge on any atom is -0.462 e. The van der Waals surface area contributed by atoms with Gasteiger partial charge in [-0.2, -0.15) is 0 Å². The third kappa shape index (κ3) is 5.14. The molecule has 154 valence electrons. The monoisotopic (exact) mass is 487 g/mol. The van der Waals surface area contributed by atoms with E-state index in [9.17, 15) is 14.4 Å². The Morgan fingerprint density at radius 2 is 1.83 bits per heavy atom. The van der Waals surface area contributed by atoms with E-state index in [1.165, 1.54) is 24.3 Å². The Kier molecular flexibility index (Phi) is 7.02. The van der Waals surface area contributed by atoms with Crippen molar-refractivity contribution in [3.05, 3.63) is 69.5 Å². The second-order valence-corrected chi connectivity index (χ2v) is 7.95. The quantitative estimate of drug-likeness (QED) is 0.365. The Morgan fingerprint density at radius 1 is 1.10 bits per heavy atom. The molecule has 3 aromatic rings. The fraction of sp³-hybridized carbons (Fsp3) is 0.136. The molecule has 30 heavy (non-hydrogen) atoms. The summed E-state index contributed by atoms with van der Waals surface area (Å²) < 4.78 is 11.2. The molecule has 0 aliphatic carbocycles. The van der Waals surface area contributed by atoms with E-state index in [4.69, 9.17) is 9.47 Å². The number of rotatable bonds is 6. The molecule has 1 amide bonds. The lowest BCUT2D eigenvalue weighted by Gasteiger charge is -2.09. The Bertz CT molecular complexity index is 1090. The van der Waals surface area contributed by atoms with Crippen molar-refractivity contribution in [1.82, 2.24) is 0 Å². The van der Waals surface area contributed by atoms with Gasteiger partial charge in [-0.05, 0) is 42.8 Å². The highest BCUT2D eigenvalue weighted by Gasteiger charge is 2.23. The van der Waals surface area contributed by atoms with Crippen LogP contribution in [0, 0.1) is 0 Å². The number of carbonyl (C=O) groups excluding carboxylic acids is 3. The maximum atomic E-state index is 12.8. The predicted octanol–water partition coefficient (Wildman–Crippen LogP) is 5.53. The van der Waals surface area contributed by atoms with E-state index in [2.05, 4.69) is 21.2 Å². The highest BCUT2D eigenvalue weighted by atomic mass is 79.9. The summed E-state index contributed by atoms with van der Waals surface area (Å²) in [4.78, 5) is 36.6. The molecule has 1 aromatic heterocycles. The van der Waals surface area contributed by atoms with E-state index in [1.807, 2.05) is 24.3 Å². The van der Waals surface area contributed by atoms with Gasteiger partial charge in [0.1, 0.15) is 16.3 Å². The fourth-order valence-corrected chi connectivity index (χ4v) is 3.96. The van der Waals surface area contributed by atoms with Gasteiger partial charge in [-0.15, -0.1) is 11.3 Å². The first-order valence-electron chi connectivity index (χ1n) is 9.03. The summed E-state index contributed by atoms with van der Waals surface area (Å²) in [6.45, 7) is 3.22. The first-order chi connectivity index (χ1) is 14.4. The first-order valence-corrected chi connectivity index (χ1v) is 10.7. The summed E-state index contributed by atoms with van der Waals surface area (Å²) in [5.41, 5.74) is 2.10. The van der Waals surface area contributed by atoms with Gasteiger partial charge in [0.25, 0.3) is 5.91 Å². The molecular formula is C22H18BrNO5S.